The van der Waals surface area contributed by atoms with E-state index < -0.39 is 14.8 Å². The molecule has 7 nitrogen and oxygen atoms in total. The molecule has 2 N–H and O–H groups in total. The number of ether oxygens (including phenoxy) is 1. The molecular weight excluding hydrogens is 284 g/mol. The minimum Gasteiger partial charge on any atom is -0.462 e. The lowest BCUT2D eigenvalue weighted by Crippen LogP contribution is -2.46. The van der Waals surface area contributed by atoms with Crippen molar-refractivity contribution in [3.63, 3.8) is 0 Å². The Kier molecular flexibility index (Phi) is 10.5. The Morgan fingerprint density at radius 3 is 2.10 bits per heavy atom. The standard InChI is InChI=1S/C12H24O7Si/c1-11(2)12(15)17-7-4-10-20(16-3,18-8-5-13)19-9-6-14/h13-14H,1,4-10H2,2-3H3. The number of carbonyl (C=O) groups is 1. The first-order valence-corrected chi connectivity index (χ1v) is 8.32. The summed E-state index contributed by atoms with van der Waals surface area (Å²) in [6.45, 7) is 5.16. The fraction of sp³-hybridized carbons (Fsp3) is 0.750. The van der Waals surface area contributed by atoms with Gasteiger partial charge in [-0.05, 0) is 13.3 Å². The molecule has 0 aliphatic carbocycles. The average molecular weight is 308 g/mol. The zero-order chi connectivity index (χ0) is 15.4. The van der Waals surface area contributed by atoms with Gasteiger partial charge in [0.25, 0.3) is 0 Å². The Morgan fingerprint density at radius 2 is 1.70 bits per heavy atom. The van der Waals surface area contributed by atoms with Gasteiger partial charge in [0.05, 0.1) is 33.0 Å². The molecule has 0 saturated carbocycles. The fourth-order valence-electron chi connectivity index (χ4n) is 1.38. The molecule has 0 spiro atoms. The van der Waals surface area contributed by atoms with E-state index in [1.807, 2.05) is 0 Å². The largest absolute Gasteiger partial charge is 0.500 e. The molecule has 8 heteroatoms. The molecule has 118 valence electrons. The van der Waals surface area contributed by atoms with Gasteiger partial charge in [-0.1, -0.05) is 6.58 Å². The maximum atomic E-state index is 11.2. The van der Waals surface area contributed by atoms with Crippen LogP contribution in [0.1, 0.15) is 13.3 Å². The average Bonchev–Trinajstić information content (AvgIpc) is 2.45. The minimum atomic E-state index is -2.94. The molecule has 0 saturated heterocycles. The van der Waals surface area contributed by atoms with Crippen molar-refractivity contribution in [1.29, 1.82) is 0 Å². The SMILES string of the molecule is C=C(C)C(=O)OCCC[Si](OC)(OCCO)OCCO. The summed E-state index contributed by atoms with van der Waals surface area (Å²) in [7, 11) is -1.49. The highest BCUT2D eigenvalue weighted by atomic mass is 28.4. The summed E-state index contributed by atoms with van der Waals surface area (Å²) in [6.07, 6.45) is 0.496. The van der Waals surface area contributed by atoms with E-state index in [9.17, 15) is 4.79 Å². The van der Waals surface area contributed by atoms with Crippen LogP contribution in [0.5, 0.6) is 0 Å². The molecule has 0 bridgehead atoms. The van der Waals surface area contributed by atoms with Crippen LogP contribution in [0.4, 0.5) is 0 Å². The van der Waals surface area contributed by atoms with Gasteiger partial charge in [0.2, 0.25) is 0 Å². The van der Waals surface area contributed by atoms with Crippen molar-refractivity contribution in [1.82, 2.24) is 0 Å². The van der Waals surface area contributed by atoms with Crippen molar-refractivity contribution in [3.8, 4) is 0 Å². The molecule has 0 heterocycles. The van der Waals surface area contributed by atoms with Gasteiger partial charge in [0.1, 0.15) is 0 Å². The van der Waals surface area contributed by atoms with Crippen LogP contribution in [0, 0.1) is 0 Å². The molecule has 0 aromatic rings. The zero-order valence-corrected chi connectivity index (χ0v) is 13.1. The van der Waals surface area contributed by atoms with E-state index in [1.165, 1.54) is 7.11 Å². The lowest BCUT2D eigenvalue weighted by Gasteiger charge is -2.27. The summed E-state index contributed by atoms with van der Waals surface area (Å²) in [4.78, 5) is 11.2. The van der Waals surface area contributed by atoms with Gasteiger partial charge >= 0.3 is 14.8 Å². The van der Waals surface area contributed by atoms with Gasteiger partial charge in [-0.3, -0.25) is 0 Å². The lowest BCUT2D eigenvalue weighted by atomic mass is 10.4. The molecule has 0 aliphatic heterocycles. The van der Waals surface area contributed by atoms with Crippen LogP contribution < -0.4 is 0 Å². The Hall–Kier alpha value is -0.773. The van der Waals surface area contributed by atoms with Gasteiger partial charge in [-0.25, -0.2) is 4.79 Å². The molecule has 0 aromatic carbocycles. The first-order valence-electron chi connectivity index (χ1n) is 6.38. The van der Waals surface area contributed by atoms with Gasteiger partial charge in [-0.15, -0.1) is 0 Å². The topological polar surface area (TPSA) is 94.5 Å². The number of hydrogen-bond acceptors (Lipinski definition) is 7. The van der Waals surface area contributed by atoms with Crippen LogP contribution in [0.15, 0.2) is 12.2 Å². The van der Waals surface area contributed by atoms with E-state index in [1.54, 1.807) is 6.92 Å². The summed E-state index contributed by atoms with van der Waals surface area (Å²) in [5, 5.41) is 17.6. The van der Waals surface area contributed by atoms with Crippen molar-refractivity contribution >= 4 is 14.8 Å². The van der Waals surface area contributed by atoms with Gasteiger partial charge in [0.15, 0.2) is 0 Å². The Bertz CT molecular complexity index is 288. The second-order valence-electron chi connectivity index (χ2n) is 4.05. The number of hydrogen-bond donors (Lipinski definition) is 2. The van der Waals surface area contributed by atoms with E-state index in [0.717, 1.165) is 0 Å². The van der Waals surface area contributed by atoms with Gasteiger partial charge in [-0.2, -0.15) is 0 Å². The molecule has 0 aliphatic rings. The van der Waals surface area contributed by atoms with Crippen molar-refractivity contribution in [3.05, 3.63) is 12.2 Å². The third kappa shape index (κ3) is 7.73. The Labute approximate surface area is 120 Å². The van der Waals surface area contributed by atoms with Crippen LogP contribution in [0.25, 0.3) is 0 Å². The smallest absolute Gasteiger partial charge is 0.462 e. The van der Waals surface area contributed by atoms with E-state index in [4.69, 9.17) is 28.2 Å². The van der Waals surface area contributed by atoms with Crippen molar-refractivity contribution in [2.24, 2.45) is 0 Å². The first kappa shape index (κ1) is 19.2. The normalized spacial score (nSPS) is 11.4. The maximum Gasteiger partial charge on any atom is 0.500 e. The summed E-state index contributed by atoms with van der Waals surface area (Å²) < 4.78 is 21.2. The van der Waals surface area contributed by atoms with E-state index in [-0.39, 0.29) is 33.0 Å². The van der Waals surface area contributed by atoms with Crippen LogP contribution in [-0.2, 0) is 22.8 Å². The lowest BCUT2D eigenvalue weighted by molar-refractivity contribution is -0.139. The minimum absolute atomic E-state index is 0.0943. The predicted octanol–water partition coefficient (Wildman–Crippen LogP) is 0.0989. The van der Waals surface area contributed by atoms with Crippen LogP contribution in [0.3, 0.4) is 0 Å². The molecule has 0 atom stereocenters. The highest BCUT2D eigenvalue weighted by Gasteiger charge is 2.39. The molecule has 0 rings (SSSR count). The Morgan fingerprint density at radius 1 is 1.15 bits per heavy atom. The first-order chi connectivity index (χ1) is 9.51. The van der Waals surface area contributed by atoms with Crippen LogP contribution in [-0.4, -0.2) is 65.1 Å². The van der Waals surface area contributed by atoms with E-state index >= 15 is 0 Å². The number of carbonyl (C=O) groups excluding carboxylic acids is 1. The number of aliphatic hydroxyl groups excluding tert-OH is 2. The molecular formula is C12H24O7Si. The van der Waals surface area contributed by atoms with E-state index in [2.05, 4.69) is 6.58 Å². The molecule has 0 aromatic heterocycles. The zero-order valence-electron chi connectivity index (χ0n) is 12.1. The van der Waals surface area contributed by atoms with Crippen molar-refractivity contribution in [2.75, 3.05) is 40.1 Å². The molecule has 20 heavy (non-hydrogen) atoms. The molecule has 0 radical (unpaired) electrons. The third-order valence-corrected chi connectivity index (χ3v) is 5.22. The number of rotatable bonds is 12. The quantitative estimate of drug-likeness (QED) is 0.228. The second-order valence-corrected chi connectivity index (χ2v) is 6.90. The number of esters is 1. The van der Waals surface area contributed by atoms with Gasteiger partial charge in [0, 0.05) is 18.7 Å². The maximum absolute atomic E-state index is 11.2. The van der Waals surface area contributed by atoms with Crippen molar-refractivity contribution < 1.29 is 33.0 Å². The molecule has 0 unspecified atom stereocenters. The molecule has 0 fully saturated rings. The van der Waals surface area contributed by atoms with Crippen LogP contribution >= 0.6 is 0 Å². The highest BCUT2D eigenvalue weighted by Crippen LogP contribution is 2.17. The monoisotopic (exact) mass is 308 g/mol. The van der Waals surface area contributed by atoms with Crippen molar-refractivity contribution in [2.45, 2.75) is 19.4 Å². The summed E-state index contributed by atoms with van der Waals surface area (Å²) in [5.41, 5.74) is 0.341. The predicted molar refractivity (Wildman–Crippen MR) is 74.0 cm³/mol. The Balaban J connectivity index is 4.25. The highest BCUT2D eigenvalue weighted by molar-refractivity contribution is 6.60. The summed E-state index contributed by atoms with van der Waals surface area (Å²) in [5.74, 6) is -0.442. The third-order valence-electron chi connectivity index (χ3n) is 2.35. The fourth-order valence-corrected chi connectivity index (χ4v) is 3.58. The summed E-state index contributed by atoms with van der Waals surface area (Å²) in [6, 6.07) is 0.424. The summed E-state index contributed by atoms with van der Waals surface area (Å²) >= 11 is 0. The molecule has 0 amide bonds. The second kappa shape index (κ2) is 10.9. The number of aliphatic hydroxyl groups is 2. The van der Waals surface area contributed by atoms with E-state index in [0.29, 0.717) is 18.0 Å². The van der Waals surface area contributed by atoms with Gasteiger partial charge < -0.3 is 28.2 Å². The van der Waals surface area contributed by atoms with Crippen LogP contribution in [0.2, 0.25) is 6.04 Å².